The molecule has 2 aromatic carbocycles. The van der Waals surface area contributed by atoms with Gasteiger partial charge in [-0.15, -0.1) is 0 Å². The normalized spacial score (nSPS) is 11.0. The molecule has 0 saturated heterocycles. The number of hydrogen-bond acceptors (Lipinski definition) is 4. The Balaban J connectivity index is 1.94. The predicted octanol–water partition coefficient (Wildman–Crippen LogP) is 1.96. The molecule has 2 aromatic rings. The minimum atomic E-state index is -3.68. The van der Waals surface area contributed by atoms with Gasteiger partial charge in [0, 0.05) is 6.54 Å². The first-order valence-electron chi connectivity index (χ1n) is 7.93. The number of carbonyl (C=O) groups is 1. The van der Waals surface area contributed by atoms with Gasteiger partial charge < -0.3 is 10.1 Å². The van der Waals surface area contributed by atoms with Gasteiger partial charge in [-0.3, -0.25) is 9.10 Å². The van der Waals surface area contributed by atoms with Crippen LogP contribution in [-0.2, 0) is 21.2 Å². The molecule has 0 aliphatic heterocycles. The minimum Gasteiger partial charge on any atom is -0.497 e. The number of nitrogens with one attached hydrogen (secondary N) is 1. The summed E-state index contributed by atoms with van der Waals surface area (Å²) in [5.74, 6) is -0.192. The van der Waals surface area contributed by atoms with Gasteiger partial charge in [0.15, 0.2) is 0 Å². The smallest absolute Gasteiger partial charge is 0.232 e. The van der Waals surface area contributed by atoms with Crippen molar-refractivity contribution in [2.45, 2.75) is 6.42 Å². The number of benzene rings is 2. The maximum atomic E-state index is 13.9. The highest BCUT2D eigenvalue weighted by Gasteiger charge is 2.20. The average Bonchev–Trinajstić information content (AvgIpc) is 2.59. The maximum Gasteiger partial charge on any atom is 0.232 e. The van der Waals surface area contributed by atoms with E-state index in [-0.39, 0.29) is 31.1 Å². The molecule has 0 atom stereocenters. The molecule has 6 nitrogen and oxygen atoms in total. The molecule has 0 radical (unpaired) electrons. The second-order valence-corrected chi connectivity index (χ2v) is 7.57. The molecule has 26 heavy (non-hydrogen) atoms. The molecule has 1 amide bonds. The first kappa shape index (κ1) is 19.7. The Bertz CT molecular complexity index is 854. The molecule has 0 heterocycles. The Kier molecular flexibility index (Phi) is 6.57. The number of ether oxygens (including phenoxy) is 1. The zero-order valence-corrected chi connectivity index (χ0v) is 15.4. The average molecular weight is 380 g/mol. The van der Waals surface area contributed by atoms with Crippen molar-refractivity contribution < 1.29 is 22.3 Å². The predicted molar refractivity (Wildman–Crippen MR) is 98.3 cm³/mol. The third kappa shape index (κ3) is 5.45. The summed E-state index contributed by atoms with van der Waals surface area (Å²) in [4.78, 5) is 12.0. The molecule has 0 aliphatic rings. The first-order valence-corrected chi connectivity index (χ1v) is 9.78. The van der Waals surface area contributed by atoms with Gasteiger partial charge in [0.25, 0.3) is 0 Å². The van der Waals surface area contributed by atoms with Crippen LogP contribution in [0.2, 0.25) is 0 Å². The molecule has 140 valence electrons. The molecule has 2 rings (SSSR count). The zero-order chi connectivity index (χ0) is 19.2. The monoisotopic (exact) mass is 380 g/mol. The number of carbonyl (C=O) groups excluding carboxylic acids is 1. The van der Waals surface area contributed by atoms with E-state index in [4.69, 9.17) is 4.74 Å². The zero-order valence-electron chi connectivity index (χ0n) is 14.6. The third-order valence-corrected chi connectivity index (χ3v) is 4.86. The number of hydrogen-bond donors (Lipinski definition) is 1. The number of rotatable bonds is 8. The Labute approximate surface area is 152 Å². The maximum absolute atomic E-state index is 13.9. The Hall–Kier alpha value is -2.61. The van der Waals surface area contributed by atoms with Gasteiger partial charge in [-0.2, -0.15) is 0 Å². The molecule has 0 saturated carbocycles. The fourth-order valence-corrected chi connectivity index (χ4v) is 3.34. The van der Waals surface area contributed by atoms with Gasteiger partial charge in [0.2, 0.25) is 15.9 Å². The minimum absolute atomic E-state index is 0.0422. The lowest BCUT2D eigenvalue weighted by molar-refractivity contribution is -0.120. The van der Waals surface area contributed by atoms with Crippen molar-refractivity contribution in [1.29, 1.82) is 0 Å². The van der Waals surface area contributed by atoms with Gasteiger partial charge in [-0.1, -0.05) is 24.3 Å². The fraction of sp³-hybridized carbons (Fsp3) is 0.278. The molecule has 1 N–H and O–H groups in total. The first-order chi connectivity index (χ1) is 12.3. The van der Waals surface area contributed by atoms with Crippen LogP contribution < -0.4 is 14.4 Å². The van der Waals surface area contributed by atoms with Crippen LogP contribution in [0.4, 0.5) is 10.1 Å². The number of nitrogens with zero attached hydrogens (tertiary/aromatic N) is 1. The second-order valence-electron chi connectivity index (χ2n) is 5.66. The number of amides is 1. The van der Waals surface area contributed by atoms with Gasteiger partial charge in [-0.05, 0) is 29.8 Å². The lowest BCUT2D eigenvalue weighted by Gasteiger charge is -2.23. The van der Waals surface area contributed by atoms with Crippen LogP contribution in [0.25, 0.3) is 0 Å². The molecule has 0 aromatic heterocycles. The number of methoxy groups -OCH3 is 1. The standard InChI is InChI=1S/C18H21FN2O4S/c1-25-15-9-7-14(8-10-15)13-18(22)20-11-12-21(26(2,23)24)17-6-4-3-5-16(17)19/h3-10H,11-13H2,1-2H3,(H,20,22). The summed E-state index contributed by atoms with van der Waals surface area (Å²) in [6, 6.07) is 12.7. The van der Waals surface area contributed by atoms with Crippen LogP contribution in [0.1, 0.15) is 5.56 Å². The van der Waals surface area contributed by atoms with E-state index in [9.17, 15) is 17.6 Å². The highest BCUT2D eigenvalue weighted by Crippen LogP contribution is 2.20. The Morgan fingerprint density at radius 1 is 1.15 bits per heavy atom. The molecule has 0 unspecified atom stereocenters. The highest BCUT2D eigenvalue weighted by atomic mass is 32.2. The van der Waals surface area contributed by atoms with Crippen molar-refractivity contribution >= 4 is 21.6 Å². The van der Waals surface area contributed by atoms with Crippen LogP contribution in [0.3, 0.4) is 0 Å². The topological polar surface area (TPSA) is 75.7 Å². The summed E-state index contributed by atoms with van der Waals surface area (Å²) in [6.07, 6.45) is 1.15. The number of halogens is 1. The van der Waals surface area contributed by atoms with E-state index in [1.54, 1.807) is 37.4 Å². The summed E-state index contributed by atoms with van der Waals surface area (Å²) in [5, 5.41) is 2.65. The number of sulfonamides is 1. The van der Waals surface area contributed by atoms with Crippen LogP contribution in [0.5, 0.6) is 5.75 Å². The molecule has 0 fully saturated rings. The Morgan fingerprint density at radius 3 is 2.38 bits per heavy atom. The molecule has 0 bridgehead atoms. The fourth-order valence-electron chi connectivity index (χ4n) is 2.41. The van der Waals surface area contributed by atoms with Gasteiger partial charge in [0.05, 0.1) is 32.0 Å². The van der Waals surface area contributed by atoms with Crippen molar-refractivity contribution in [3.05, 3.63) is 59.9 Å². The van der Waals surface area contributed by atoms with E-state index in [1.807, 2.05) is 0 Å². The molecular formula is C18H21FN2O4S. The molecule has 8 heteroatoms. The highest BCUT2D eigenvalue weighted by molar-refractivity contribution is 7.92. The summed E-state index contributed by atoms with van der Waals surface area (Å²) in [5.41, 5.74) is 0.761. The molecule has 0 aliphatic carbocycles. The number of para-hydroxylation sites is 1. The second kappa shape index (κ2) is 8.66. The summed E-state index contributed by atoms with van der Waals surface area (Å²) < 4.78 is 43.8. The van der Waals surface area contributed by atoms with Gasteiger partial charge >= 0.3 is 0 Å². The van der Waals surface area contributed by atoms with Gasteiger partial charge in [0.1, 0.15) is 11.6 Å². The van der Waals surface area contributed by atoms with E-state index >= 15 is 0 Å². The van der Waals surface area contributed by atoms with Crippen LogP contribution in [-0.4, -0.2) is 40.8 Å². The van der Waals surface area contributed by atoms with Crippen molar-refractivity contribution in [3.8, 4) is 5.75 Å². The molecule has 0 spiro atoms. The quantitative estimate of drug-likeness (QED) is 0.760. The summed E-state index contributed by atoms with van der Waals surface area (Å²) >= 11 is 0. The van der Waals surface area contributed by atoms with Crippen LogP contribution in [0.15, 0.2) is 48.5 Å². The van der Waals surface area contributed by atoms with Crippen molar-refractivity contribution in [2.24, 2.45) is 0 Å². The van der Waals surface area contributed by atoms with Crippen molar-refractivity contribution in [3.63, 3.8) is 0 Å². The SMILES string of the molecule is COc1ccc(CC(=O)NCCN(c2ccccc2F)S(C)(=O)=O)cc1. The van der Waals surface area contributed by atoms with Crippen molar-refractivity contribution in [1.82, 2.24) is 5.32 Å². The summed E-state index contributed by atoms with van der Waals surface area (Å²) in [6.45, 7) is 0.00448. The van der Waals surface area contributed by atoms with Crippen molar-refractivity contribution in [2.75, 3.05) is 30.8 Å². The third-order valence-electron chi connectivity index (χ3n) is 3.68. The number of anilines is 1. The van der Waals surface area contributed by atoms with E-state index in [2.05, 4.69) is 5.32 Å². The van der Waals surface area contributed by atoms with Gasteiger partial charge in [-0.25, -0.2) is 12.8 Å². The summed E-state index contributed by atoms with van der Waals surface area (Å²) in [7, 11) is -2.12. The van der Waals surface area contributed by atoms with E-state index in [0.717, 1.165) is 16.1 Å². The van der Waals surface area contributed by atoms with E-state index < -0.39 is 15.8 Å². The lowest BCUT2D eigenvalue weighted by Crippen LogP contribution is -2.39. The Morgan fingerprint density at radius 2 is 1.81 bits per heavy atom. The largest absolute Gasteiger partial charge is 0.497 e. The van der Waals surface area contributed by atoms with E-state index in [0.29, 0.717) is 5.75 Å². The van der Waals surface area contributed by atoms with Crippen LogP contribution >= 0.6 is 0 Å². The van der Waals surface area contributed by atoms with E-state index in [1.165, 1.54) is 18.2 Å². The molecular weight excluding hydrogens is 359 g/mol. The van der Waals surface area contributed by atoms with Crippen LogP contribution in [0, 0.1) is 5.82 Å². The lowest BCUT2D eigenvalue weighted by atomic mass is 10.1.